The van der Waals surface area contributed by atoms with Gasteiger partial charge in [0, 0.05) is 17.4 Å². The van der Waals surface area contributed by atoms with Gasteiger partial charge in [0.05, 0.1) is 37.8 Å². The number of carbonyl (C=O) groups is 1. The molecule has 0 aliphatic carbocycles. The topological polar surface area (TPSA) is 146 Å². The Morgan fingerprint density at radius 1 is 1.00 bits per heavy atom. The van der Waals surface area contributed by atoms with Crippen LogP contribution < -0.4 is 0 Å². The number of cyclic esters (lactones) is 1. The van der Waals surface area contributed by atoms with E-state index in [1.165, 1.54) is 12.2 Å². The number of aliphatic hydroxyl groups excluding tert-OH is 3. The van der Waals surface area contributed by atoms with Crippen LogP contribution in [0.1, 0.15) is 44.6 Å². The van der Waals surface area contributed by atoms with Crippen molar-refractivity contribution in [3.05, 3.63) is 23.8 Å². The van der Waals surface area contributed by atoms with Crippen molar-refractivity contribution in [2.75, 3.05) is 26.4 Å². The van der Waals surface area contributed by atoms with Gasteiger partial charge < -0.3 is 20.1 Å². The van der Waals surface area contributed by atoms with Crippen LogP contribution in [0.25, 0.3) is 0 Å². The maximum atomic E-state index is 10.5. The van der Waals surface area contributed by atoms with E-state index in [9.17, 15) is 14.4 Å². The molecule has 1 aromatic carbocycles. The second kappa shape index (κ2) is 16.2. The summed E-state index contributed by atoms with van der Waals surface area (Å²) < 4.78 is 4.76. The standard InChI is InChI=1S/C9H6N2O2.C6H14O3.C6H10O2/c1-7-8(10-5-12)3-2-4-9(7)11-6-13;1-2-6(3-7,4-8)5-9;7-6-4-2-1-3-5-8-6/h2-4H,1H3;7-9H,2-5H2,1H3;1-5H2. The van der Waals surface area contributed by atoms with E-state index in [0.717, 1.165) is 19.3 Å². The van der Waals surface area contributed by atoms with E-state index in [1.807, 2.05) is 6.92 Å². The maximum Gasteiger partial charge on any atom is 0.305 e. The van der Waals surface area contributed by atoms with Crippen LogP contribution >= 0.6 is 0 Å². The van der Waals surface area contributed by atoms with E-state index >= 15 is 0 Å². The van der Waals surface area contributed by atoms with E-state index in [4.69, 9.17) is 20.1 Å². The first kappa shape index (κ1) is 27.3. The van der Waals surface area contributed by atoms with Crippen LogP contribution in [0.15, 0.2) is 28.2 Å². The molecule has 9 nitrogen and oxygen atoms in total. The van der Waals surface area contributed by atoms with E-state index in [2.05, 4.69) is 9.98 Å². The largest absolute Gasteiger partial charge is 0.466 e. The number of carbonyl (C=O) groups excluding carboxylic acids is 3. The molecule has 2 rings (SSSR count). The van der Waals surface area contributed by atoms with Crippen LogP contribution in [0.2, 0.25) is 0 Å². The lowest BCUT2D eigenvalue weighted by Crippen LogP contribution is -2.32. The summed E-state index contributed by atoms with van der Waals surface area (Å²) in [4.78, 5) is 37.4. The fourth-order valence-corrected chi connectivity index (χ4v) is 2.24. The van der Waals surface area contributed by atoms with Crippen LogP contribution in [0, 0.1) is 12.3 Å². The highest BCUT2D eigenvalue weighted by Gasteiger charge is 2.24. The highest BCUT2D eigenvalue weighted by molar-refractivity contribution is 5.69. The van der Waals surface area contributed by atoms with Crippen molar-refractivity contribution >= 4 is 29.5 Å². The first-order valence-corrected chi connectivity index (χ1v) is 9.67. The lowest BCUT2D eigenvalue weighted by atomic mass is 9.88. The summed E-state index contributed by atoms with van der Waals surface area (Å²) >= 11 is 0. The summed E-state index contributed by atoms with van der Waals surface area (Å²) in [7, 11) is 0. The van der Waals surface area contributed by atoms with Crippen molar-refractivity contribution in [3.8, 4) is 0 Å². The predicted octanol–water partition coefficient (Wildman–Crippen LogP) is 2.39. The Kier molecular flexibility index (Phi) is 14.7. The Hall–Kier alpha value is -2.67. The second-order valence-electron chi connectivity index (χ2n) is 6.69. The monoisotopic (exact) mass is 422 g/mol. The number of esters is 1. The Balaban J connectivity index is 0.000000438. The fourth-order valence-electron chi connectivity index (χ4n) is 2.24. The number of aliphatic hydroxyl groups is 3. The van der Waals surface area contributed by atoms with Crippen LogP contribution in [0.3, 0.4) is 0 Å². The van der Waals surface area contributed by atoms with Gasteiger partial charge in [-0.25, -0.2) is 9.59 Å². The number of nitrogens with zero attached hydrogens (tertiary/aromatic N) is 2. The minimum Gasteiger partial charge on any atom is -0.466 e. The van der Waals surface area contributed by atoms with Crippen LogP contribution in [-0.2, 0) is 19.1 Å². The molecule has 1 aromatic rings. The number of isocyanates is 2. The molecule has 166 valence electrons. The van der Waals surface area contributed by atoms with Gasteiger partial charge in [0.2, 0.25) is 12.2 Å². The van der Waals surface area contributed by atoms with Crippen molar-refractivity contribution in [3.63, 3.8) is 0 Å². The molecule has 1 fully saturated rings. The number of hydrogen-bond acceptors (Lipinski definition) is 9. The van der Waals surface area contributed by atoms with Crippen molar-refractivity contribution < 1.29 is 34.4 Å². The Labute approximate surface area is 176 Å². The molecule has 1 heterocycles. The lowest BCUT2D eigenvalue weighted by Gasteiger charge is -2.24. The van der Waals surface area contributed by atoms with Gasteiger partial charge in [-0.05, 0) is 44.7 Å². The maximum absolute atomic E-state index is 10.5. The van der Waals surface area contributed by atoms with Gasteiger partial charge in [-0.15, -0.1) is 0 Å². The van der Waals surface area contributed by atoms with Gasteiger partial charge in [-0.2, -0.15) is 9.98 Å². The number of benzene rings is 1. The molecule has 0 saturated carbocycles. The van der Waals surface area contributed by atoms with E-state index in [0.29, 0.717) is 36.4 Å². The molecule has 0 bridgehead atoms. The normalized spacial score (nSPS) is 13.0. The zero-order valence-electron chi connectivity index (χ0n) is 17.5. The Morgan fingerprint density at radius 2 is 1.53 bits per heavy atom. The minimum absolute atomic E-state index is 0.0255. The van der Waals surface area contributed by atoms with Crippen molar-refractivity contribution in [2.45, 2.75) is 46.0 Å². The van der Waals surface area contributed by atoms with E-state index < -0.39 is 5.41 Å². The third kappa shape index (κ3) is 10.2. The smallest absolute Gasteiger partial charge is 0.305 e. The molecule has 1 saturated heterocycles. The van der Waals surface area contributed by atoms with Gasteiger partial charge in [0.1, 0.15) is 0 Å². The van der Waals surface area contributed by atoms with Crippen LogP contribution in [0.5, 0.6) is 0 Å². The molecule has 0 spiro atoms. The molecule has 1 aliphatic rings. The molecule has 0 atom stereocenters. The average Bonchev–Trinajstić information content (AvgIpc) is 3.02. The third-order valence-electron chi connectivity index (χ3n) is 4.65. The number of aliphatic imine (C=N–C) groups is 2. The van der Waals surface area contributed by atoms with Crippen LogP contribution in [0.4, 0.5) is 11.4 Å². The molecule has 3 N–H and O–H groups in total. The SMILES string of the molecule is CCC(CO)(CO)CO.Cc1c(N=C=O)cccc1N=C=O.O=C1CCCCCO1. The third-order valence-corrected chi connectivity index (χ3v) is 4.65. The van der Waals surface area contributed by atoms with E-state index in [-0.39, 0.29) is 25.8 Å². The molecule has 0 radical (unpaired) electrons. The molecule has 1 aliphatic heterocycles. The quantitative estimate of drug-likeness (QED) is 0.362. The molecule has 0 aromatic heterocycles. The van der Waals surface area contributed by atoms with Crippen molar-refractivity contribution in [1.29, 1.82) is 0 Å². The highest BCUT2D eigenvalue weighted by Crippen LogP contribution is 2.26. The summed E-state index contributed by atoms with van der Waals surface area (Å²) in [5, 5.41) is 26.0. The average molecular weight is 422 g/mol. The Morgan fingerprint density at radius 3 is 1.93 bits per heavy atom. The Bertz CT molecular complexity index is 671. The second-order valence-corrected chi connectivity index (χ2v) is 6.69. The van der Waals surface area contributed by atoms with Crippen molar-refractivity contribution in [1.82, 2.24) is 0 Å². The first-order chi connectivity index (χ1) is 14.4. The minimum atomic E-state index is -0.667. The van der Waals surface area contributed by atoms with Gasteiger partial charge >= 0.3 is 5.97 Å². The zero-order chi connectivity index (χ0) is 22.8. The molecule has 0 unspecified atom stereocenters. The van der Waals surface area contributed by atoms with Gasteiger partial charge in [-0.3, -0.25) is 4.79 Å². The van der Waals surface area contributed by atoms with Crippen LogP contribution in [-0.4, -0.2) is 59.9 Å². The molecule has 9 heteroatoms. The molecule has 30 heavy (non-hydrogen) atoms. The van der Waals surface area contributed by atoms with Gasteiger partial charge in [-0.1, -0.05) is 13.0 Å². The predicted molar refractivity (Wildman–Crippen MR) is 110 cm³/mol. The summed E-state index contributed by atoms with van der Waals surface area (Å²) in [6, 6.07) is 4.94. The lowest BCUT2D eigenvalue weighted by molar-refractivity contribution is -0.142. The van der Waals surface area contributed by atoms with Gasteiger partial charge in [0.25, 0.3) is 0 Å². The summed E-state index contributed by atoms with van der Waals surface area (Å²) in [6.45, 7) is 3.71. The summed E-state index contributed by atoms with van der Waals surface area (Å²) in [5.41, 5.74) is 0.923. The number of ether oxygens (including phenoxy) is 1. The first-order valence-electron chi connectivity index (χ1n) is 9.67. The number of rotatable bonds is 6. The molecular weight excluding hydrogens is 392 g/mol. The summed E-state index contributed by atoms with van der Waals surface area (Å²) in [5.74, 6) is -0.0255. The fraction of sp³-hybridized carbons (Fsp3) is 0.571. The summed E-state index contributed by atoms with van der Waals surface area (Å²) in [6.07, 6.45) is 7.28. The van der Waals surface area contributed by atoms with Gasteiger partial charge in [0.15, 0.2) is 0 Å². The zero-order valence-corrected chi connectivity index (χ0v) is 17.5. The molecule has 0 amide bonds. The van der Waals surface area contributed by atoms with E-state index in [1.54, 1.807) is 25.1 Å². The highest BCUT2D eigenvalue weighted by atomic mass is 16.5. The van der Waals surface area contributed by atoms with Crippen molar-refractivity contribution in [2.24, 2.45) is 15.4 Å². The molecular formula is C21H30N2O7. The number of hydrogen-bond donors (Lipinski definition) is 3.